The largest absolute Gasteiger partial charge is 0.388 e. The molecule has 18 heavy (non-hydrogen) atoms. The summed E-state index contributed by atoms with van der Waals surface area (Å²) in [6.45, 7) is 0.841. The molecule has 0 radical (unpaired) electrons. The number of carbonyl (C=O) groups is 1. The van der Waals surface area contributed by atoms with Crippen LogP contribution in [0, 0.1) is 0 Å². The molecule has 1 heterocycles. The van der Waals surface area contributed by atoms with Crippen molar-refractivity contribution < 1.29 is 4.79 Å². The lowest BCUT2D eigenvalue weighted by Crippen LogP contribution is -2.46. The Labute approximate surface area is 111 Å². The van der Waals surface area contributed by atoms with Crippen LogP contribution in [0.25, 0.3) is 0 Å². The van der Waals surface area contributed by atoms with Crippen LogP contribution < -0.4 is 21.7 Å². The predicted molar refractivity (Wildman–Crippen MR) is 76.1 cm³/mol. The van der Waals surface area contributed by atoms with Crippen molar-refractivity contribution in [1.82, 2.24) is 0 Å². The van der Waals surface area contributed by atoms with Crippen molar-refractivity contribution >= 4 is 29.0 Å². The second-order valence-electron chi connectivity index (χ2n) is 4.22. The summed E-state index contributed by atoms with van der Waals surface area (Å²) in [4.78, 5) is 14.8. The SMILES string of the molecule is CNc1ccc2c(c1)N(CC(N)CN)C(=O)CS2. The van der Waals surface area contributed by atoms with Crippen LogP contribution in [-0.2, 0) is 4.79 Å². The zero-order chi connectivity index (χ0) is 13.1. The number of rotatable bonds is 4. The average molecular weight is 266 g/mol. The Hall–Kier alpha value is -1.24. The van der Waals surface area contributed by atoms with E-state index < -0.39 is 0 Å². The molecule has 6 heteroatoms. The molecular weight excluding hydrogens is 248 g/mol. The van der Waals surface area contributed by atoms with Crippen molar-refractivity contribution in [2.24, 2.45) is 11.5 Å². The molecule has 1 atom stereocenters. The number of fused-ring (bicyclic) bond motifs is 1. The molecule has 0 saturated heterocycles. The molecule has 98 valence electrons. The number of hydrogen-bond acceptors (Lipinski definition) is 5. The number of nitrogens with one attached hydrogen (secondary N) is 1. The highest BCUT2D eigenvalue weighted by Crippen LogP contribution is 2.37. The third-order valence-electron chi connectivity index (χ3n) is 2.91. The van der Waals surface area contributed by atoms with Crippen LogP contribution in [0.5, 0.6) is 0 Å². The fourth-order valence-electron chi connectivity index (χ4n) is 1.87. The van der Waals surface area contributed by atoms with Gasteiger partial charge in [0.25, 0.3) is 0 Å². The molecule has 0 spiro atoms. The minimum Gasteiger partial charge on any atom is -0.388 e. The number of nitrogens with zero attached hydrogens (tertiary/aromatic N) is 1. The van der Waals surface area contributed by atoms with Gasteiger partial charge in [-0.3, -0.25) is 4.79 Å². The molecule has 5 nitrogen and oxygen atoms in total. The number of thioether (sulfide) groups is 1. The lowest BCUT2D eigenvalue weighted by atomic mass is 10.2. The summed E-state index contributed by atoms with van der Waals surface area (Å²) in [5.41, 5.74) is 13.3. The Morgan fingerprint density at radius 3 is 3.00 bits per heavy atom. The third kappa shape index (κ3) is 2.60. The van der Waals surface area contributed by atoms with Gasteiger partial charge in [-0.15, -0.1) is 11.8 Å². The fourth-order valence-corrected chi connectivity index (χ4v) is 2.78. The standard InChI is InChI=1S/C12H18N4OS/c1-15-9-2-3-11-10(4-9)16(6-8(14)5-13)12(17)7-18-11/h2-4,8,15H,5-7,13-14H2,1H3. The Kier molecular flexibility index (Phi) is 4.11. The van der Waals surface area contributed by atoms with E-state index in [1.54, 1.807) is 16.7 Å². The van der Waals surface area contributed by atoms with Crippen molar-refractivity contribution in [3.05, 3.63) is 18.2 Å². The number of anilines is 2. The predicted octanol–water partition coefficient (Wildman–Crippen LogP) is 0.453. The number of hydrogen-bond donors (Lipinski definition) is 3. The van der Waals surface area contributed by atoms with Crippen LogP contribution in [0.2, 0.25) is 0 Å². The third-order valence-corrected chi connectivity index (χ3v) is 3.96. The van der Waals surface area contributed by atoms with Crippen LogP contribution in [0.1, 0.15) is 0 Å². The van der Waals surface area contributed by atoms with E-state index in [4.69, 9.17) is 11.5 Å². The van der Waals surface area contributed by atoms with Crippen molar-refractivity contribution in [1.29, 1.82) is 0 Å². The molecular formula is C12H18N4OS. The fraction of sp³-hybridized carbons (Fsp3) is 0.417. The number of nitrogens with two attached hydrogens (primary N) is 2. The first-order valence-electron chi connectivity index (χ1n) is 5.86. The Bertz CT molecular complexity index is 452. The van der Waals surface area contributed by atoms with E-state index in [1.165, 1.54) is 0 Å². The lowest BCUT2D eigenvalue weighted by molar-refractivity contribution is -0.116. The Morgan fingerprint density at radius 1 is 1.56 bits per heavy atom. The summed E-state index contributed by atoms with van der Waals surface area (Å²) in [5, 5.41) is 3.08. The summed E-state index contributed by atoms with van der Waals surface area (Å²) in [6, 6.07) is 5.81. The van der Waals surface area contributed by atoms with Gasteiger partial charge in [0, 0.05) is 36.8 Å². The molecule has 1 unspecified atom stereocenters. The number of carbonyl (C=O) groups excluding carboxylic acids is 1. The highest BCUT2D eigenvalue weighted by Gasteiger charge is 2.26. The van der Waals surface area contributed by atoms with Crippen LogP contribution in [-0.4, -0.2) is 37.8 Å². The second-order valence-corrected chi connectivity index (χ2v) is 5.24. The van der Waals surface area contributed by atoms with Gasteiger partial charge in [-0.05, 0) is 18.2 Å². The van der Waals surface area contributed by atoms with E-state index in [1.807, 2.05) is 25.2 Å². The van der Waals surface area contributed by atoms with Crippen LogP contribution in [0.3, 0.4) is 0 Å². The van der Waals surface area contributed by atoms with Crippen LogP contribution >= 0.6 is 11.8 Å². The van der Waals surface area contributed by atoms with Crippen molar-refractivity contribution in [3.63, 3.8) is 0 Å². The lowest BCUT2D eigenvalue weighted by Gasteiger charge is -2.31. The van der Waals surface area contributed by atoms with Crippen molar-refractivity contribution in [2.75, 3.05) is 36.1 Å². The van der Waals surface area contributed by atoms with Gasteiger partial charge in [0.2, 0.25) is 5.91 Å². The topological polar surface area (TPSA) is 84.4 Å². The van der Waals surface area contributed by atoms with Crippen molar-refractivity contribution in [2.45, 2.75) is 10.9 Å². The van der Waals surface area contributed by atoms with Gasteiger partial charge in [-0.25, -0.2) is 0 Å². The molecule has 1 aliphatic heterocycles. The van der Waals surface area contributed by atoms with E-state index in [0.29, 0.717) is 18.8 Å². The maximum Gasteiger partial charge on any atom is 0.237 e. The normalized spacial score (nSPS) is 16.4. The minimum absolute atomic E-state index is 0.0876. The molecule has 5 N–H and O–H groups in total. The van der Waals surface area contributed by atoms with Gasteiger partial charge < -0.3 is 21.7 Å². The zero-order valence-corrected chi connectivity index (χ0v) is 11.2. The highest BCUT2D eigenvalue weighted by molar-refractivity contribution is 8.00. The molecule has 1 aliphatic rings. The van der Waals surface area contributed by atoms with Gasteiger partial charge in [-0.2, -0.15) is 0 Å². The van der Waals surface area contributed by atoms with E-state index in [9.17, 15) is 4.79 Å². The molecule has 1 aromatic rings. The van der Waals surface area contributed by atoms with Gasteiger partial charge >= 0.3 is 0 Å². The molecule has 0 aromatic heterocycles. The quantitative estimate of drug-likeness (QED) is 0.737. The maximum absolute atomic E-state index is 12.0. The summed E-state index contributed by atoms with van der Waals surface area (Å²) in [6.07, 6.45) is 0. The first-order valence-corrected chi connectivity index (χ1v) is 6.85. The summed E-state index contributed by atoms with van der Waals surface area (Å²) >= 11 is 1.56. The van der Waals surface area contributed by atoms with Gasteiger partial charge in [-0.1, -0.05) is 0 Å². The van der Waals surface area contributed by atoms with E-state index >= 15 is 0 Å². The summed E-state index contributed by atoms with van der Waals surface area (Å²) in [5.74, 6) is 0.549. The van der Waals surface area contributed by atoms with E-state index in [2.05, 4.69) is 5.32 Å². The molecule has 0 bridgehead atoms. The molecule has 0 fully saturated rings. The number of benzene rings is 1. The first kappa shape index (κ1) is 13.2. The molecule has 1 amide bonds. The molecule has 2 rings (SSSR count). The van der Waals surface area contributed by atoms with Crippen LogP contribution in [0.4, 0.5) is 11.4 Å². The van der Waals surface area contributed by atoms with E-state index in [-0.39, 0.29) is 11.9 Å². The monoisotopic (exact) mass is 266 g/mol. The number of amides is 1. The summed E-state index contributed by atoms with van der Waals surface area (Å²) in [7, 11) is 1.86. The smallest absolute Gasteiger partial charge is 0.237 e. The molecule has 0 aliphatic carbocycles. The van der Waals surface area contributed by atoms with Gasteiger partial charge in [0.1, 0.15) is 0 Å². The van der Waals surface area contributed by atoms with Gasteiger partial charge in [0.05, 0.1) is 11.4 Å². The summed E-state index contributed by atoms with van der Waals surface area (Å²) < 4.78 is 0. The average Bonchev–Trinajstić information content (AvgIpc) is 2.41. The van der Waals surface area contributed by atoms with Crippen molar-refractivity contribution in [3.8, 4) is 0 Å². The first-order chi connectivity index (χ1) is 8.65. The van der Waals surface area contributed by atoms with Crippen LogP contribution in [0.15, 0.2) is 23.1 Å². The van der Waals surface area contributed by atoms with Gasteiger partial charge in [0.15, 0.2) is 0 Å². The Morgan fingerprint density at radius 2 is 2.33 bits per heavy atom. The van der Waals surface area contributed by atoms with E-state index in [0.717, 1.165) is 16.3 Å². The highest BCUT2D eigenvalue weighted by atomic mass is 32.2. The molecule has 0 saturated carbocycles. The Balaban J connectivity index is 2.32. The molecule has 1 aromatic carbocycles. The maximum atomic E-state index is 12.0. The zero-order valence-electron chi connectivity index (χ0n) is 10.3. The minimum atomic E-state index is -0.192. The second kappa shape index (κ2) is 5.60.